The van der Waals surface area contributed by atoms with Gasteiger partial charge in [-0.05, 0) is 18.2 Å². The maximum absolute atomic E-state index is 13.6. The minimum Gasteiger partial charge on any atom is -0.368 e. The molecule has 2 aromatic heterocycles. The van der Waals surface area contributed by atoms with E-state index in [0.717, 1.165) is 27.6 Å². The Labute approximate surface area is 182 Å². The van der Waals surface area contributed by atoms with Crippen molar-refractivity contribution < 1.29 is 22.5 Å². The van der Waals surface area contributed by atoms with Crippen molar-refractivity contribution in [3.63, 3.8) is 0 Å². The number of rotatable bonds is 5. The first kappa shape index (κ1) is 22.2. The quantitative estimate of drug-likeness (QED) is 0.316. The second-order valence-electron chi connectivity index (χ2n) is 7.16. The molecule has 0 saturated carbocycles. The molecule has 0 atom stereocenters. The number of nitro groups is 1. The fraction of sp³-hybridized carbons (Fsp3) is 0.333. The molecule has 11 nitrogen and oxygen atoms in total. The van der Waals surface area contributed by atoms with Crippen molar-refractivity contribution in [1.29, 1.82) is 0 Å². The van der Waals surface area contributed by atoms with E-state index in [2.05, 4.69) is 15.1 Å². The number of nitrogens with zero attached hydrogens (tertiary/aromatic N) is 8. The Hall–Kier alpha value is -4.04. The van der Waals surface area contributed by atoms with Crippen molar-refractivity contribution in [3.8, 4) is 0 Å². The van der Waals surface area contributed by atoms with Crippen LogP contribution in [-0.4, -0.2) is 55.4 Å². The van der Waals surface area contributed by atoms with Crippen LogP contribution in [0, 0.1) is 15.9 Å². The summed E-state index contributed by atoms with van der Waals surface area (Å²) in [5, 5.41) is 14.3. The molecule has 0 N–H and O–H groups in total. The molecule has 1 fully saturated rings. The molecular weight excluding hydrogens is 452 g/mol. The average molecular weight is 468 g/mol. The molecule has 174 valence electrons. The Morgan fingerprint density at radius 1 is 1.09 bits per heavy atom. The van der Waals surface area contributed by atoms with Gasteiger partial charge in [0.25, 0.3) is 0 Å². The van der Waals surface area contributed by atoms with E-state index in [9.17, 15) is 32.5 Å². The van der Waals surface area contributed by atoms with Crippen LogP contribution in [0.5, 0.6) is 0 Å². The number of alkyl halides is 3. The number of hydrogen-bond donors (Lipinski definition) is 0. The summed E-state index contributed by atoms with van der Waals surface area (Å²) in [6.07, 6.45) is -2.31. The lowest BCUT2D eigenvalue weighted by molar-refractivity contribution is -0.387. The Morgan fingerprint density at radius 3 is 2.39 bits per heavy atom. The Balaban J connectivity index is 1.41. The molecule has 4 rings (SSSR count). The molecule has 33 heavy (non-hydrogen) atoms. The van der Waals surface area contributed by atoms with Gasteiger partial charge in [-0.1, -0.05) is 0 Å². The monoisotopic (exact) mass is 468 g/mol. The molecule has 0 bridgehead atoms. The van der Waals surface area contributed by atoms with E-state index in [1.54, 1.807) is 4.90 Å². The van der Waals surface area contributed by atoms with Crippen LogP contribution in [0.1, 0.15) is 5.69 Å². The summed E-state index contributed by atoms with van der Waals surface area (Å²) in [5.41, 5.74) is -1.89. The highest BCUT2D eigenvalue weighted by Crippen LogP contribution is 2.27. The fourth-order valence-electron chi connectivity index (χ4n) is 3.35. The Kier molecular flexibility index (Phi) is 5.69. The predicted molar refractivity (Wildman–Crippen MR) is 106 cm³/mol. The van der Waals surface area contributed by atoms with Gasteiger partial charge in [0.15, 0.2) is 5.69 Å². The molecule has 1 aliphatic heterocycles. The van der Waals surface area contributed by atoms with Crippen LogP contribution in [0.3, 0.4) is 0 Å². The van der Waals surface area contributed by atoms with Gasteiger partial charge >= 0.3 is 17.6 Å². The summed E-state index contributed by atoms with van der Waals surface area (Å²) in [6, 6.07) is 4.46. The second-order valence-corrected chi connectivity index (χ2v) is 7.16. The van der Waals surface area contributed by atoms with Gasteiger partial charge in [0, 0.05) is 44.1 Å². The van der Waals surface area contributed by atoms with E-state index in [-0.39, 0.29) is 12.6 Å². The summed E-state index contributed by atoms with van der Waals surface area (Å²) in [6.45, 7) is 1.34. The number of aromatic nitrogens is 5. The fourth-order valence-corrected chi connectivity index (χ4v) is 3.35. The number of piperazine rings is 1. The van der Waals surface area contributed by atoms with Crippen molar-refractivity contribution in [1.82, 2.24) is 24.3 Å². The highest BCUT2D eigenvalue weighted by molar-refractivity contribution is 5.55. The third-order valence-corrected chi connectivity index (χ3v) is 5.04. The number of anilines is 2. The first-order valence-corrected chi connectivity index (χ1v) is 9.60. The van der Waals surface area contributed by atoms with E-state index in [4.69, 9.17) is 0 Å². The van der Waals surface area contributed by atoms with Crippen LogP contribution in [0.15, 0.2) is 41.6 Å². The highest BCUT2D eigenvalue weighted by atomic mass is 19.4. The van der Waals surface area contributed by atoms with Crippen molar-refractivity contribution in [2.45, 2.75) is 12.8 Å². The zero-order valence-electron chi connectivity index (χ0n) is 16.8. The molecular formula is C18H16F4N8O3. The van der Waals surface area contributed by atoms with Gasteiger partial charge in [-0.2, -0.15) is 27.6 Å². The number of benzene rings is 1. The standard InChI is InChI=1S/C18H16F4N8O3/c19-13-2-1-12(9-14(13)30(32)33)26-5-7-27(8-6-26)16-23-10-28(17(31)24-16)11-29-4-3-15(25-29)18(20,21)22/h1-4,9-10H,5-8,11H2. The molecule has 15 heteroatoms. The molecule has 0 aliphatic carbocycles. The normalized spacial score (nSPS) is 14.5. The summed E-state index contributed by atoms with van der Waals surface area (Å²) < 4.78 is 53.5. The van der Waals surface area contributed by atoms with E-state index in [0.29, 0.717) is 31.9 Å². The maximum Gasteiger partial charge on any atom is 0.435 e. The minimum atomic E-state index is -4.59. The van der Waals surface area contributed by atoms with Crippen LogP contribution in [0.25, 0.3) is 0 Å². The molecule has 1 saturated heterocycles. The van der Waals surface area contributed by atoms with Crippen molar-refractivity contribution in [2.24, 2.45) is 0 Å². The number of hydrogen-bond acceptors (Lipinski definition) is 8. The third-order valence-electron chi connectivity index (χ3n) is 5.04. The zero-order valence-corrected chi connectivity index (χ0v) is 16.8. The summed E-state index contributed by atoms with van der Waals surface area (Å²) in [7, 11) is 0. The van der Waals surface area contributed by atoms with Gasteiger partial charge < -0.3 is 9.80 Å². The lowest BCUT2D eigenvalue weighted by Gasteiger charge is -2.35. The van der Waals surface area contributed by atoms with E-state index < -0.39 is 34.0 Å². The van der Waals surface area contributed by atoms with Crippen LogP contribution >= 0.6 is 0 Å². The predicted octanol–water partition coefficient (Wildman–Crippen LogP) is 1.73. The zero-order chi connectivity index (χ0) is 23.8. The first-order chi connectivity index (χ1) is 15.6. The summed E-state index contributed by atoms with van der Waals surface area (Å²) >= 11 is 0. The average Bonchev–Trinajstić information content (AvgIpc) is 3.25. The van der Waals surface area contributed by atoms with Crippen LogP contribution < -0.4 is 15.5 Å². The molecule has 0 spiro atoms. The van der Waals surface area contributed by atoms with Gasteiger partial charge in [-0.3, -0.25) is 19.4 Å². The van der Waals surface area contributed by atoms with Gasteiger partial charge in [0.05, 0.1) is 4.92 Å². The summed E-state index contributed by atoms with van der Waals surface area (Å²) in [4.78, 5) is 34.1. The summed E-state index contributed by atoms with van der Waals surface area (Å²) in [5.74, 6) is -0.765. The Bertz CT molecular complexity index is 1230. The minimum absolute atomic E-state index is 0.150. The largest absolute Gasteiger partial charge is 0.435 e. The Morgan fingerprint density at radius 2 is 1.79 bits per heavy atom. The molecule has 0 radical (unpaired) electrons. The molecule has 0 amide bonds. The first-order valence-electron chi connectivity index (χ1n) is 9.60. The lowest BCUT2D eigenvalue weighted by atomic mass is 10.2. The molecule has 3 aromatic rings. The van der Waals surface area contributed by atoms with Gasteiger partial charge in [-0.15, -0.1) is 0 Å². The van der Waals surface area contributed by atoms with Gasteiger partial charge in [0.2, 0.25) is 11.8 Å². The highest BCUT2D eigenvalue weighted by Gasteiger charge is 2.33. The number of nitro benzene ring substituents is 1. The third kappa shape index (κ3) is 4.75. The van der Waals surface area contributed by atoms with E-state index >= 15 is 0 Å². The van der Waals surface area contributed by atoms with Crippen LogP contribution in [0.2, 0.25) is 0 Å². The van der Waals surface area contributed by atoms with Crippen molar-refractivity contribution >= 4 is 17.3 Å². The van der Waals surface area contributed by atoms with Crippen molar-refractivity contribution in [3.05, 3.63) is 68.9 Å². The smallest absolute Gasteiger partial charge is 0.368 e. The maximum atomic E-state index is 13.6. The SMILES string of the molecule is O=c1nc(N2CCN(c3ccc(F)c([N+](=O)[O-])c3)CC2)ncn1Cn1ccc(C(F)(F)F)n1. The van der Waals surface area contributed by atoms with Gasteiger partial charge in [-0.25, -0.2) is 9.78 Å². The topological polar surface area (TPSA) is 115 Å². The van der Waals surface area contributed by atoms with Crippen LogP contribution in [-0.2, 0) is 12.8 Å². The molecule has 0 unspecified atom stereocenters. The van der Waals surface area contributed by atoms with Gasteiger partial charge in [0.1, 0.15) is 13.0 Å². The van der Waals surface area contributed by atoms with E-state index in [1.807, 2.05) is 4.90 Å². The molecule has 3 heterocycles. The van der Waals surface area contributed by atoms with Crippen molar-refractivity contribution in [2.75, 3.05) is 36.0 Å². The van der Waals surface area contributed by atoms with Crippen LogP contribution in [0.4, 0.5) is 34.9 Å². The number of halogens is 4. The molecule has 1 aromatic carbocycles. The molecule has 1 aliphatic rings. The lowest BCUT2D eigenvalue weighted by Crippen LogP contribution is -2.47. The second kappa shape index (κ2) is 8.48. The van der Waals surface area contributed by atoms with E-state index in [1.165, 1.54) is 18.5 Å².